The van der Waals surface area contributed by atoms with Gasteiger partial charge in [-0.05, 0) is 72.2 Å². The van der Waals surface area contributed by atoms with Gasteiger partial charge in [-0.15, -0.1) is 0 Å². The van der Waals surface area contributed by atoms with E-state index in [1.165, 1.54) is 18.3 Å². The average Bonchev–Trinajstić information content (AvgIpc) is 2.83. The zero-order valence-corrected chi connectivity index (χ0v) is 17.7. The summed E-state index contributed by atoms with van der Waals surface area (Å²) in [6.07, 6.45) is 1.18. The average molecular weight is 453 g/mol. The van der Waals surface area contributed by atoms with Crippen molar-refractivity contribution in [1.82, 2.24) is 4.98 Å². The molecule has 170 valence electrons. The summed E-state index contributed by atoms with van der Waals surface area (Å²) in [5.41, 5.74) is 2.72. The van der Waals surface area contributed by atoms with Crippen LogP contribution in [0.15, 0.2) is 67.0 Å². The number of rotatable bonds is 6. The third kappa shape index (κ3) is 5.25. The third-order valence-electron chi connectivity index (χ3n) is 5.67. The second-order valence-corrected chi connectivity index (χ2v) is 7.91. The minimum Gasteiger partial charge on any atom is -0.488 e. The maximum Gasteiger partial charge on any atom is 0.416 e. The van der Waals surface area contributed by atoms with Crippen molar-refractivity contribution in [2.75, 3.05) is 0 Å². The number of halogens is 3. The van der Waals surface area contributed by atoms with Crippen LogP contribution in [0.3, 0.4) is 0 Å². The minimum atomic E-state index is -4.49. The maximum absolute atomic E-state index is 13.5. The second-order valence-electron chi connectivity index (χ2n) is 7.91. The molecule has 0 amide bonds. The summed E-state index contributed by atoms with van der Waals surface area (Å²) < 4.78 is 46.6. The Kier molecular flexibility index (Phi) is 6.49. The standard InChI is InChI=1S/C26H22F3NO3/c27-26(28,29)20-10-11-24(33-16-17-6-2-1-3-7-17)23(13-20)22-9-5-4-8-21(22)18-12-19(25(31)32)15-30-14-18/h1-3,6-7,10-15H,4-5,8-9,16H2,(H,31,32). The van der Waals surface area contributed by atoms with Crippen LogP contribution in [0, 0.1) is 0 Å². The molecule has 33 heavy (non-hydrogen) atoms. The number of ether oxygens (including phenoxy) is 1. The van der Waals surface area contributed by atoms with Gasteiger partial charge in [0.05, 0.1) is 11.1 Å². The van der Waals surface area contributed by atoms with Gasteiger partial charge >= 0.3 is 12.1 Å². The summed E-state index contributed by atoms with van der Waals surface area (Å²) in [4.78, 5) is 15.5. The van der Waals surface area contributed by atoms with Gasteiger partial charge in [-0.2, -0.15) is 13.2 Å². The quantitative estimate of drug-likeness (QED) is 0.443. The molecule has 1 aliphatic rings. The zero-order valence-electron chi connectivity index (χ0n) is 17.7. The lowest BCUT2D eigenvalue weighted by atomic mass is 9.83. The van der Waals surface area contributed by atoms with E-state index in [0.717, 1.165) is 41.7 Å². The topological polar surface area (TPSA) is 59.4 Å². The van der Waals surface area contributed by atoms with Crippen molar-refractivity contribution in [3.63, 3.8) is 0 Å². The highest BCUT2D eigenvalue weighted by molar-refractivity contribution is 5.95. The molecule has 3 aromatic rings. The van der Waals surface area contributed by atoms with Crippen molar-refractivity contribution in [3.05, 3.63) is 94.8 Å². The second kappa shape index (κ2) is 9.48. The van der Waals surface area contributed by atoms with E-state index in [1.54, 1.807) is 6.20 Å². The Bertz CT molecular complexity index is 1190. The van der Waals surface area contributed by atoms with Crippen LogP contribution in [-0.2, 0) is 12.8 Å². The van der Waals surface area contributed by atoms with Gasteiger partial charge in [0.1, 0.15) is 12.4 Å². The number of benzene rings is 2. The van der Waals surface area contributed by atoms with E-state index >= 15 is 0 Å². The van der Waals surface area contributed by atoms with Gasteiger partial charge in [0.2, 0.25) is 0 Å². The van der Waals surface area contributed by atoms with Gasteiger partial charge in [-0.25, -0.2) is 4.79 Å². The lowest BCUT2D eigenvalue weighted by Crippen LogP contribution is -2.09. The molecular weight excluding hydrogens is 431 g/mol. The Morgan fingerprint density at radius 2 is 1.70 bits per heavy atom. The first kappa shape index (κ1) is 22.6. The lowest BCUT2D eigenvalue weighted by Gasteiger charge is -2.24. The number of carbonyl (C=O) groups is 1. The largest absolute Gasteiger partial charge is 0.488 e. The lowest BCUT2D eigenvalue weighted by molar-refractivity contribution is -0.137. The molecule has 2 aromatic carbocycles. The molecule has 0 aliphatic heterocycles. The summed E-state index contributed by atoms with van der Waals surface area (Å²) in [7, 11) is 0. The normalized spacial score (nSPS) is 14.3. The molecule has 0 spiro atoms. The highest BCUT2D eigenvalue weighted by Crippen LogP contribution is 2.43. The Morgan fingerprint density at radius 1 is 0.970 bits per heavy atom. The Labute approximate surface area is 189 Å². The number of carboxylic acids is 1. The fourth-order valence-electron chi connectivity index (χ4n) is 4.05. The summed E-state index contributed by atoms with van der Waals surface area (Å²) in [6, 6.07) is 14.4. The number of allylic oxidation sites excluding steroid dienone is 2. The minimum absolute atomic E-state index is 0.0366. The van der Waals surface area contributed by atoms with Gasteiger partial charge in [-0.3, -0.25) is 4.98 Å². The van der Waals surface area contributed by atoms with Gasteiger partial charge < -0.3 is 9.84 Å². The van der Waals surface area contributed by atoms with Crippen LogP contribution in [0.2, 0.25) is 0 Å². The number of aromatic carboxylic acids is 1. The smallest absolute Gasteiger partial charge is 0.416 e. The van der Waals surface area contributed by atoms with Crippen LogP contribution in [0.4, 0.5) is 13.2 Å². The molecule has 0 saturated carbocycles. The van der Waals surface area contributed by atoms with Crippen molar-refractivity contribution in [3.8, 4) is 5.75 Å². The molecule has 4 rings (SSSR count). The zero-order chi connectivity index (χ0) is 23.4. The van der Waals surface area contributed by atoms with Crippen molar-refractivity contribution >= 4 is 17.1 Å². The first-order chi connectivity index (χ1) is 15.8. The molecule has 7 heteroatoms. The Balaban J connectivity index is 1.82. The van der Waals surface area contributed by atoms with Gasteiger partial charge in [0.15, 0.2) is 0 Å². The molecule has 0 bridgehead atoms. The molecule has 0 saturated heterocycles. The number of pyridine rings is 1. The van der Waals surface area contributed by atoms with E-state index < -0.39 is 17.7 Å². The number of carboxylic acid groups (broad SMARTS) is 1. The third-order valence-corrected chi connectivity index (χ3v) is 5.67. The number of aromatic nitrogens is 1. The maximum atomic E-state index is 13.5. The van der Waals surface area contributed by atoms with Crippen LogP contribution in [-0.4, -0.2) is 16.1 Å². The van der Waals surface area contributed by atoms with E-state index in [0.29, 0.717) is 29.7 Å². The molecule has 1 aromatic heterocycles. The predicted molar refractivity (Wildman–Crippen MR) is 119 cm³/mol. The van der Waals surface area contributed by atoms with Crippen LogP contribution < -0.4 is 4.74 Å². The molecule has 0 unspecified atom stereocenters. The highest BCUT2D eigenvalue weighted by atomic mass is 19.4. The van der Waals surface area contributed by atoms with Crippen LogP contribution in [0.25, 0.3) is 11.1 Å². The summed E-state index contributed by atoms with van der Waals surface area (Å²) >= 11 is 0. The fourth-order valence-corrected chi connectivity index (χ4v) is 4.05. The first-order valence-electron chi connectivity index (χ1n) is 10.6. The van der Waals surface area contributed by atoms with Crippen molar-refractivity contribution in [1.29, 1.82) is 0 Å². The number of nitrogens with zero attached hydrogens (tertiary/aromatic N) is 1. The molecule has 0 radical (unpaired) electrons. The SMILES string of the molecule is O=C(O)c1cncc(C2=C(c3cc(C(F)(F)F)ccc3OCc3ccccc3)CCCC2)c1. The molecule has 4 nitrogen and oxygen atoms in total. The van der Waals surface area contributed by atoms with E-state index in [-0.39, 0.29) is 12.2 Å². The van der Waals surface area contributed by atoms with Crippen molar-refractivity contribution in [2.45, 2.75) is 38.5 Å². The molecule has 1 heterocycles. The number of alkyl halides is 3. The fraction of sp³-hybridized carbons (Fsp3) is 0.231. The number of hydrogen-bond acceptors (Lipinski definition) is 3. The van der Waals surface area contributed by atoms with E-state index in [4.69, 9.17) is 4.74 Å². The summed E-state index contributed by atoms with van der Waals surface area (Å²) in [5.74, 6) is -0.739. The van der Waals surface area contributed by atoms with Crippen LogP contribution in [0.1, 0.15) is 58.3 Å². The summed E-state index contributed by atoms with van der Waals surface area (Å²) in [6.45, 7) is 0.220. The highest BCUT2D eigenvalue weighted by Gasteiger charge is 2.32. The number of hydrogen-bond donors (Lipinski definition) is 1. The van der Waals surface area contributed by atoms with Crippen molar-refractivity contribution in [2.24, 2.45) is 0 Å². The Morgan fingerprint density at radius 3 is 2.39 bits per heavy atom. The summed E-state index contributed by atoms with van der Waals surface area (Å²) in [5, 5.41) is 9.34. The van der Waals surface area contributed by atoms with Gasteiger partial charge in [0.25, 0.3) is 0 Å². The molecule has 0 fully saturated rings. The van der Waals surface area contributed by atoms with E-state index in [2.05, 4.69) is 4.98 Å². The molecule has 1 aliphatic carbocycles. The Hall–Kier alpha value is -3.61. The van der Waals surface area contributed by atoms with Crippen molar-refractivity contribution < 1.29 is 27.8 Å². The van der Waals surface area contributed by atoms with Crippen LogP contribution in [0.5, 0.6) is 5.75 Å². The molecular formula is C26H22F3NO3. The predicted octanol–water partition coefficient (Wildman–Crippen LogP) is 6.86. The van der Waals surface area contributed by atoms with Gasteiger partial charge in [0, 0.05) is 18.0 Å². The molecule has 1 N–H and O–H groups in total. The van der Waals surface area contributed by atoms with E-state index in [1.807, 2.05) is 30.3 Å². The van der Waals surface area contributed by atoms with Gasteiger partial charge in [-0.1, -0.05) is 30.3 Å². The molecule has 0 atom stereocenters. The monoisotopic (exact) mass is 453 g/mol. The first-order valence-corrected chi connectivity index (χ1v) is 10.6. The van der Waals surface area contributed by atoms with Crippen LogP contribution >= 0.6 is 0 Å². The van der Waals surface area contributed by atoms with E-state index in [9.17, 15) is 23.1 Å².